The van der Waals surface area contributed by atoms with E-state index in [2.05, 4.69) is 14.2 Å². The van der Waals surface area contributed by atoms with E-state index in [1.165, 1.54) is 0 Å². The molecule has 1 aliphatic heterocycles. The fourth-order valence-electron chi connectivity index (χ4n) is 2.32. The number of ether oxygens (including phenoxy) is 3. The molecule has 0 radical (unpaired) electrons. The Labute approximate surface area is 134 Å². The summed E-state index contributed by atoms with van der Waals surface area (Å²) in [5.41, 5.74) is -1.24. The maximum atomic E-state index is 12.6. The Morgan fingerprint density at radius 3 is 1.91 bits per heavy atom. The zero-order valence-corrected chi connectivity index (χ0v) is 14.1. The predicted octanol–water partition coefficient (Wildman–Crippen LogP) is 0.0589. The minimum Gasteiger partial charge on any atom is -0.467 e. The maximum Gasteiger partial charge on any atom is 0.344 e. The number of carbonyl (C=O) groups excluding carboxylic acids is 4. The van der Waals surface area contributed by atoms with Crippen LogP contribution in [0.15, 0.2) is 11.1 Å². The summed E-state index contributed by atoms with van der Waals surface area (Å²) < 4.78 is 13.9. The fourth-order valence-corrected chi connectivity index (χ4v) is 2.32. The molecule has 128 valence electrons. The molecule has 1 amide bonds. The van der Waals surface area contributed by atoms with Crippen LogP contribution in [0.4, 0.5) is 0 Å². The molecule has 0 bridgehead atoms. The largest absolute Gasteiger partial charge is 0.467 e. The van der Waals surface area contributed by atoms with Gasteiger partial charge in [-0.2, -0.15) is 0 Å². The fraction of sp³-hybridized carbons (Fsp3) is 0.600. The molecule has 0 N–H and O–H groups in total. The van der Waals surface area contributed by atoms with Crippen LogP contribution in [-0.4, -0.2) is 62.6 Å². The van der Waals surface area contributed by atoms with Crippen molar-refractivity contribution in [2.45, 2.75) is 26.8 Å². The van der Waals surface area contributed by atoms with Crippen LogP contribution < -0.4 is 0 Å². The Hall–Kier alpha value is -2.38. The van der Waals surface area contributed by atoms with Gasteiger partial charge in [-0.3, -0.25) is 4.79 Å². The highest BCUT2D eigenvalue weighted by molar-refractivity contribution is 6.25. The molecule has 1 rings (SSSR count). The van der Waals surface area contributed by atoms with Crippen molar-refractivity contribution < 1.29 is 33.4 Å². The van der Waals surface area contributed by atoms with Crippen LogP contribution >= 0.6 is 0 Å². The molecule has 0 aromatic heterocycles. The maximum absolute atomic E-state index is 12.6. The number of methoxy groups -OCH3 is 3. The van der Waals surface area contributed by atoms with Crippen molar-refractivity contribution in [3.05, 3.63) is 11.1 Å². The summed E-state index contributed by atoms with van der Waals surface area (Å²) in [6.07, 6.45) is 0. The lowest BCUT2D eigenvalue weighted by molar-refractivity contribution is -0.151. The molecule has 0 aliphatic carbocycles. The second-order valence-electron chi connectivity index (χ2n) is 6.19. The molecule has 0 aromatic carbocycles. The molecule has 1 unspecified atom stereocenters. The van der Waals surface area contributed by atoms with E-state index >= 15 is 0 Å². The molecule has 0 saturated heterocycles. The molecule has 0 spiro atoms. The van der Waals surface area contributed by atoms with Gasteiger partial charge in [0.05, 0.1) is 26.9 Å². The van der Waals surface area contributed by atoms with Crippen molar-refractivity contribution in [2.24, 2.45) is 5.41 Å². The number of esters is 3. The van der Waals surface area contributed by atoms with Gasteiger partial charge in [0.15, 0.2) is 6.04 Å². The zero-order chi connectivity index (χ0) is 17.9. The second-order valence-corrected chi connectivity index (χ2v) is 6.19. The number of rotatable bonds is 4. The van der Waals surface area contributed by atoms with Crippen LogP contribution in [-0.2, 0) is 33.4 Å². The average Bonchev–Trinajstić information content (AvgIpc) is 2.76. The standard InChI is InChI=1S/C15H21NO7/c1-15(2,3)7-16-10(14(20)23-6)8(12(18)21-4)9(11(16)17)13(19)22-5/h10H,7H2,1-6H3. The molecule has 1 heterocycles. The number of nitrogens with zero attached hydrogens (tertiary/aromatic N) is 1. The molecular formula is C15H21NO7. The topological polar surface area (TPSA) is 99.2 Å². The number of hydrogen-bond acceptors (Lipinski definition) is 7. The lowest BCUT2D eigenvalue weighted by atomic mass is 9.95. The predicted molar refractivity (Wildman–Crippen MR) is 78.0 cm³/mol. The molecule has 1 atom stereocenters. The lowest BCUT2D eigenvalue weighted by Crippen LogP contribution is -2.46. The summed E-state index contributed by atoms with van der Waals surface area (Å²) >= 11 is 0. The quantitative estimate of drug-likeness (QED) is 0.409. The van der Waals surface area contributed by atoms with Crippen LogP contribution in [0.5, 0.6) is 0 Å². The second kappa shape index (κ2) is 6.80. The first-order valence-corrected chi connectivity index (χ1v) is 6.88. The Balaban J connectivity index is 3.51. The molecule has 0 fully saturated rings. The summed E-state index contributed by atoms with van der Waals surface area (Å²) in [6, 6.07) is -1.34. The van der Waals surface area contributed by atoms with E-state index in [1.54, 1.807) is 0 Å². The van der Waals surface area contributed by atoms with Gasteiger partial charge in [-0.1, -0.05) is 20.8 Å². The van der Waals surface area contributed by atoms with Gasteiger partial charge in [0.1, 0.15) is 5.57 Å². The zero-order valence-electron chi connectivity index (χ0n) is 14.1. The van der Waals surface area contributed by atoms with E-state index in [9.17, 15) is 19.2 Å². The van der Waals surface area contributed by atoms with Gasteiger partial charge in [0.2, 0.25) is 0 Å². The lowest BCUT2D eigenvalue weighted by Gasteiger charge is -2.30. The van der Waals surface area contributed by atoms with E-state index in [1.807, 2.05) is 20.8 Å². The summed E-state index contributed by atoms with van der Waals surface area (Å²) in [5.74, 6) is -3.55. The molecule has 23 heavy (non-hydrogen) atoms. The molecule has 0 aromatic rings. The van der Waals surface area contributed by atoms with Crippen molar-refractivity contribution in [3.63, 3.8) is 0 Å². The van der Waals surface area contributed by atoms with E-state index in [0.29, 0.717) is 0 Å². The Morgan fingerprint density at radius 2 is 1.52 bits per heavy atom. The third kappa shape index (κ3) is 3.69. The first-order chi connectivity index (χ1) is 10.6. The van der Waals surface area contributed by atoms with Crippen LogP contribution in [0.3, 0.4) is 0 Å². The normalized spacial score (nSPS) is 18.1. The van der Waals surface area contributed by atoms with Gasteiger partial charge < -0.3 is 19.1 Å². The van der Waals surface area contributed by atoms with Gasteiger partial charge in [0, 0.05) is 6.54 Å². The van der Waals surface area contributed by atoms with E-state index in [-0.39, 0.29) is 17.5 Å². The van der Waals surface area contributed by atoms with Crippen LogP contribution in [0.1, 0.15) is 20.8 Å². The van der Waals surface area contributed by atoms with Gasteiger partial charge in [-0.25, -0.2) is 14.4 Å². The van der Waals surface area contributed by atoms with Gasteiger partial charge >= 0.3 is 17.9 Å². The average molecular weight is 327 g/mol. The van der Waals surface area contributed by atoms with Crippen molar-refractivity contribution >= 4 is 23.8 Å². The third-order valence-corrected chi connectivity index (χ3v) is 3.19. The number of amides is 1. The molecule has 8 heteroatoms. The smallest absolute Gasteiger partial charge is 0.344 e. The highest BCUT2D eigenvalue weighted by atomic mass is 16.5. The van der Waals surface area contributed by atoms with Crippen LogP contribution in [0.25, 0.3) is 0 Å². The molecule has 1 aliphatic rings. The van der Waals surface area contributed by atoms with Crippen molar-refractivity contribution in [3.8, 4) is 0 Å². The van der Waals surface area contributed by atoms with Crippen molar-refractivity contribution in [2.75, 3.05) is 27.9 Å². The van der Waals surface area contributed by atoms with E-state index < -0.39 is 35.4 Å². The Morgan fingerprint density at radius 1 is 1.00 bits per heavy atom. The van der Waals surface area contributed by atoms with E-state index in [0.717, 1.165) is 26.2 Å². The number of carbonyl (C=O) groups is 4. The summed E-state index contributed by atoms with van der Waals surface area (Å²) in [7, 11) is 3.31. The minimum absolute atomic E-state index is 0.132. The summed E-state index contributed by atoms with van der Waals surface area (Å²) in [5, 5.41) is 0. The third-order valence-electron chi connectivity index (χ3n) is 3.19. The monoisotopic (exact) mass is 327 g/mol. The molecule has 8 nitrogen and oxygen atoms in total. The molecular weight excluding hydrogens is 306 g/mol. The van der Waals surface area contributed by atoms with Gasteiger partial charge in [-0.15, -0.1) is 0 Å². The van der Waals surface area contributed by atoms with E-state index in [4.69, 9.17) is 0 Å². The Kier molecular flexibility index (Phi) is 5.52. The summed E-state index contributed by atoms with van der Waals surface area (Å²) in [6.45, 7) is 5.68. The Bertz CT molecular complexity index is 571. The minimum atomic E-state index is -1.34. The highest BCUT2D eigenvalue weighted by Gasteiger charge is 2.51. The van der Waals surface area contributed by atoms with Gasteiger partial charge in [0.25, 0.3) is 5.91 Å². The highest BCUT2D eigenvalue weighted by Crippen LogP contribution is 2.31. The van der Waals surface area contributed by atoms with Crippen molar-refractivity contribution in [1.29, 1.82) is 0 Å². The van der Waals surface area contributed by atoms with Gasteiger partial charge in [-0.05, 0) is 5.41 Å². The summed E-state index contributed by atoms with van der Waals surface area (Å²) in [4.78, 5) is 49.9. The van der Waals surface area contributed by atoms with Crippen LogP contribution in [0.2, 0.25) is 0 Å². The van der Waals surface area contributed by atoms with Crippen LogP contribution in [0, 0.1) is 5.41 Å². The first kappa shape index (κ1) is 18.7. The first-order valence-electron chi connectivity index (χ1n) is 6.88. The van der Waals surface area contributed by atoms with Crippen molar-refractivity contribution in [1.82, 2.24) is 4.90 Å². The molecule has 0 saturated carbocycles. The SMILES string of the molecule is COC(=O)C1=C(C(=O)OC)C(C(=O)OC)N(CC(C)(C)C)C1=O. The number of hydrogen-bond donors (Lipinski definition) is 0.